The smallest absolute Gasteiger partial charge is 0.407 e. The van der Waals surface area contributed by atoms with Gasteiger partial charge >= 0.3 is 6.09 Å². The van der Waals surface area contributed by atoms with Crippen molar-refractivity contribution in [3.8, 4) is 0 Å². The van der Waals surface area contributed by atoms with Crippen LogP contribution in [-0.2, 0) is 16.1 Å². The van der Waals surface area contributed by atoms with Crippen molar-refractivity contribution in [3.63, 3.8) is 0 Å². The van der Waals surface area contributed by atoms with E-state index in [1.807, 2.05) is 30.3 Å². The second kappa shape index (κ2) is 15.5. The fourth-order valence-electron chi connectivity index (χ4n) is 3.63. The number of hydrazone groups is 1. The zero-order valence-corrected chi connectivity index (χ0v) is 21.2. The van der Waals surface area contributed by atoms with E-state index in [0.29, 0.717) is 18.9 Å². The number of rotatable bonds is 13. The number of amides is 2. The molecule has 192 valence electrons. The summed E-state index contributed by atoms with van der Waals surface area (Å²) in [6.07, 6.45) is 5.40. The second-order valence-corrected chi connectivity index (χ2v) is 8.97. The first-order valence-corrected chi connectivity index (χ1v) is 12.1. The molecule has 0 bridgehead atoms. The lowest BCUT2D eigenvalue weighted by Gasteiger charge is -2.26. The van der Waals surface area contributed by atoms with Crippen molar-refractivity contribution in [1.82, 2.24) is 20.7 Å². The largest absolute Gasteiger partial charge is 0.445 e. The molecule has 0 radical (unpaired) electrons. The Labute approximate surface area is 208 Å². The Balaban J connectivity index is 1.86. The summed E-state index contributed by atoms with van der Waals surface area (Å²) in [5, 5.41) is 19.3. The second-order valence-electron chi connectivity index (χ2n) is 8.97. The SMILES string of the molecule is C=C(CN(N=NC)/N=C/N1CCCCC1)[C@H](CC(C)C)NC(=O)CNC(=O)OCc1ccccc1. The average Bonchev–Trinajstić information content (AvgIpc) is 2.85. The molecule has 1 atom stereocenters. The van der Waals surface area contributed by atoms with E-state index >= 15 is 0 Å². The number of nitrogens with one attached hydrogen (secondary N) is 2. The highest BCUT2D eigenvalue weighted by atomic mass is 16.5. The number of carbonyl (C=O) groups excluding carboxylic acids is 2. The minimum absolute atomic E-state index is 0.140. The van der Waals surface area contributed by atoms with E-state index in [-0.39, 0.29) is 25.1 Å². The maximum absolute atomic E-state index is 12.5. The minimum atomic E-state index is -0.648. The van der Waals surface area contributed by atoms with Gasteiger partial charge in [-0.05, 0) is 42.7 Å². The molecule has 1 saturated heterocycles. The zero-order valence-electron chi connectivity index (χ0n) is 21.2. The van der Waals surface area contributed by atoms with Crippen LogP contribution in [0, 0.1) is 5.92 Å². The lowest BCUT2D eigenvalue weighted by atomic mass is 9.97. The predicted molar refractivity (Wildman–Crippen MR) is 137 cm³/mol. The number of benzene rings is 1. The third-order valence-electron chi connectivity index (χ3n) is 5.42. The van der Waals surface area contributed by atoms with Gasteiger partial charge in [-0.2, -0.15) is 10.2 Å². The lowest BCUT2D eigenvalue weighted by Crippen LogP contribution is -2.44. The number of piperidine rings is 1. The van der Waals surface area contributed by atoms with Gasteiger partial charge in [0.2, 0.25) is 5.91 Å². The highest BCUT2D eigenvalue weighted by Gasteiger charge is 2.20. The van der Waals surface area contributed by atoms with Crippen molar-refractivity contribution in [3.05, 3.63) is 48.0 Å². The van der Waals surface area contributed by atoms with Crippen LogP contribution in [0.15, 0.2) is 57.9 Å². The first-order valence-electron chi connectivity index (χ1n) is 12.1. The molecule has 2 amide bonds. The highest BCUT2D eigenvalue weighted by Crippen LogP contribution is 2.14. The quantitative estimate of drug-likeness (QED) is 0.145. The van der Waals surface area contributed by atoms with E-state index in [1.165, 1.54) is 11.5 Å². The summed E-state index contributed by atoms with van der Waals surface area (Å²) in [4.78, 5) is 26.7. The van der Waals surface area contributed by atoms with Crippen LogP contribution in [-0.4, -0.2) is 67.6 Å². The summed E-state index contributed by atoms with van der Waals surface area (Å²) < 4.78 is 5.15. The van der Waals surface area contributed by atoms with Crippen LogP contribution in [0.25, 0.3) is 0 Å². The Morgan fingerprint density at radius 1 is 1.20 bits per heavy atom. The maximum Gasteiger partial charge on any atom is 0.407 e. The van der Waals surface area contributed by atoms with Gasteiger partial charge in [-0.3, -0.25) is 4.79 Å². The summed E-state index contributed by atoms with van der Waals surface area (Å²) in [5.41, 5.74) is 1.62. The Bertz CT molecular complexity index is 852. The van der Waals surface area contributed by atoms with Crippen molar-refractivity contribution in [2.75, 3.05) is 33.2 Å². The molecule has 1 aliphatic rings. The molecule has 1 aromatic rings. The fraction of sp³-hybridized carbons (Fsp3) is 0.560. The standard InChI is InChI=1S/C25H39N7O3/c1-20(2)15-23(21(3)17-32(30-26-4)28-19-31-13-9-6-10-14-31)29-24(33)16-27-25(34)35-18-22-11-7-5-8-12-22/h5,7-8,11-12,19-20,23H,3,6,9-10,13-18H2,1-2,4H3,(H,27,34)(H,29,33)/b28-19+,30-26?/t23-/m0/s1. The van der Waals surface area contributed by atoms with Crippen molar-refractivity contribution >= 4 is 18.3 Å². The van der Waals surface area contributed by atoms with E-state index in [2.05, 4.69) is 51.4 Å². The molecule has 1 aromatic carbocycles. The van der Waals surface area contributed by atoms with E-state index in [0.717, 1.165) is 37.1 Å². The summed E-state index contributed by atoms with van der Waals surface area (Å²) in [7, 11) is 1.59. The first-order chi connectivity index (χ1) is 16.9. The van der Waals surface area contributed by atoms with Crippen LogP contribution in [0.1, 0.15) is 45.1 Å². The van der Waals surface area contributed by atoms with Gasteiger partial charge in [0.05, 0.1) is 19.6 Å². The van der Waals surface area contributed by atoms with Gasteiger partial charge in [0.25, 0.3) is 0 Å². The van der Waals surface area contributed by atoms with Crippen molar-refractivity contribution < 1.29 is 14.3 Å². The molecule has 2 rings (SSSR count). The van der Waals surface area contributed by atoms with Crippen LogP contribution in [0.2, 0.25) is 0 Å². The normalized spacial score (nSPS) is 14.8. The molecule has 0 aromatic heterocycles. The molecule has 0 unspecified atom stereocenters. The van der Waals surface area contributed by atoms with E-state index in [4.69, 9.17) is 4.74 Å². The first kappa shape index (κ1) is 27.8. The molecular weight excluding hydrogens is 446 g/mol. The van der Waals surface area contributed by atoms with Gasteiger partial charge < -0.3 is 20.3 Å². The molecule has 1 heterocycles. The van der Waals surface area contributed by atoms with Crippen molar-refractivity contribution in [2.24, 2.45) is 21.4 Å². The number of hydrogen-bond donors (Lipinski definition) is 2. The van der Waals surface area contributed by atoms with Gasteiger partial charge in [-0.15, -0.1) is 5.10 Å². The van der Waals surface area contributed by atoms with Crippen LogP contribution in [0.4, 0.5) is 4.79 Å². The molecule has 10 heteroatoms. The number of carbonyl (C=O) groups is 2. The van der Waals surface area contributed by atoms with Gasteiger partial charge in [0, 0.05) is 13.1 Å². The Kier molecular flexibility index (Phi) is 12.3. The zero-order chi connectivity index (χ0) is 25.5. The molecule has 2 N–H and O–H groups in total. The molecule has 0 saturated carbocycles. The maximum atomic E-state index is 12.5. The molecule has 0 aliphatic carbocycles. The summed E-state index contributed by atoms with van der Waals surface area (Å²) in [6.45, 7) is 10.5. The third kappa shape index (κ3) is 11.5. The predicted octanol–water partition coefficient (Wildman–Crippen LogP) is 3.73. The average molecular weight is 486 g/mol. The van der Waals surface area contributed by atoms with Crippen LogP contribution < -0.4 is 10.6 Å². The topological polar surface area (TPSA) is 111 Å². The monoisotopic (exact) mass is 485 g/mol. The number of nitrogens with zero attached hydrogens (tertiary/aromatic N) is 5. The van der Waals surface area contributed by atoms with Crippen LogP contribution in [0.3, 0.4) is 0 Å². The highest BCUT2D eigenvalue weighted by molar-refractivity contribution is 5.82. The molecule has 10 nitrogen and oxygen atoms in total. The van der Waals surface area contributed by atoms with Crippen molar-refractivity contribution in [2.45, 2.75) is 52.2 Å². The molecule has 35 heavy (non-hydrogen) atoms. The summed E-state index contributed by atoms with van der Waals surface area (Å²) in [5.74, 6) is -0.00658. The van der Waals surface area contributed by atoms with Crippen LogP contribution in [0.5, 0.6) is 0 Å². The molecular formula is C25H39N7O3. The Morgan fingerprint density at radius 3 is 2.57 bits per heavy atom. The van der Waals surface area contributed by atoms with Gasteiger partial charge in [-0.1, -0.05) is 56.0 Å². The fourth-order valence-corrected chi connectivity index (χ4v) is 3.63. The minimum Gasteiger partial charge on any atom is -0.445 e. The number of alkyl carbamates (subject to hydrolysis) is 1. The van der Waals surface area contributed by atoms with E-state index in [9.17, 15) is 9.59 Å². The van der Waals surface area contributed by atoms with E-state index in [1.54, 1.807) is 13.4 Å². The third-order valence-corrected chi connectivity index (χ3v) is 5.42. The van der Waals surface area contributed by atoms with Crippen LogP contribution >= 0.6 is 0 Å². The number of likely N-dealkylation sites (tertiary alicyclic amines) is 1. The summed E-state index contributed by atoms with van der Waals surface area (Å²) >= 11 is 0. The summed E-state index contributed by atoms with van der Waals surface area (Å²) in [6, 6.07) is 9.05. The number of ether oxygens (including phenoxy) is 1. The molecule has 0 spiro atoms. The molecule has 1 aliphatic heterocycles. The lowest BCUT2D eigenvalue weighted by molar-refractivity contribution is -0.120. The Hall–Kier alpha value is -3.43. The Morgan fingerprint density at radius 2 is 1.91 bits per heavy atom. The number of hydrogen-bond acceptors (Lipinski definition) is 6. The van der Waals surface area contributed by atoms with Gasteiger partial charge in [0.15, 0.2) is 0 Å². The van der Waals surface area contributed by atoms with Gasteiger partial charge in [0.1, 0.15) is 19.5 Å². The van der Waals surface area contributed by atoms with Crippen molar-refractivity contribution in [1.29, 1.82) is 0 Å². The van der Waals surface area contributed by atoms with Gasteiger partial charge in [-0.25, -0.2) is 4.79 Å². The van der Waals surface area contributed by atoms with E-state index < -0.39 is 6.09 Å². The molecule has 1 fully saturated rings.